The van der Waals surface area contributed by atoms with Crippen molar-refractivity contribution >= 4 is 0 Å². The van der Waals surface area contributed by atoms with Crippen LogP contribution >= 0.6 is 0 Å². The van der Waals surface area contributed by atoms with Crippen molar-refractivity contribution < 1.29 is 4.74 Å². The Balaban J connectivity index is 2.37. The van der Waals surface area contributed by atoms with E-state index in [0.29, 0.717) is 6.61 Å². The molecule has 0 radical (unpaired) electrons. The molecule has 0 aromatic heterocycles. The molecule has 0 aliphatic heterocycles. The van der Waals surface area contributed by atoms with Crippen molar-refractivity contribution in [2.45, 2.75) is 63.5 Å². The molecule has 0 heterocycles. The van der Waals surface area contributed by atoms with Gasteiger partial charge in [-0.3, -0.25) is 0 Å². The summed E-state index contributed by atoms with van der Waals surface area (Å²) in [5, 5.41) is 8.78. The molecule has 0 saturated heterocycles. The van der Waals surface area contributed by atoms with Gasteiger partial charge in [-0.25, -0.2) is 0 Å². The third kappa shape index (κ3) is 4.19. The minimum absolute atomic E-state index is 0.180. The van der Waals surface area contributed by atoms with E-state index >= 15 is 0 Å². The Hall–Kier alpha value is -0.590. The van der Waals surface area contributed by atoms with Crippen molar-refractivity contribution in [2.24, 2.45) is 5.73 Å². The van der Waals surface area contributed by atoms with Crippen molar-refractivity contribution in [3.8, 4) is 6.07 Å². The molecular weight excluding hydrogens is 188 g/mol. The van der Waals surface area contributed by atoms with Gasteiger partial charge in [0.05, 0.1) is 12.7 Å². The zero-order chi connectivity index (χ0) is 11.1. The first-order valence-electron chi connectivity index (χ1n) is 6.00. The molecule has 0 amide bonds. The highest BCUT2D eigenvalue weighted by molar-refractivity contribution is 4.89. The molecule has 3 heteroatoms. The van der Waals surface area contributed by atoms with Gasteiger partial charge in [-0.05, 0) is 19.3 Å². The number of hydrogen-bond acceptors (Lipinski definition) is 3. The molecule has 86 valence electrons. The summed E-state index contributed by atoms with van der Waals surface area (Å²) in [5.74, 6) is 0. The van der Waals surface area contributed by atoms with Crippen LogP contribution < -0.4 is 5.73 Å². The second-order valence-electron chi connectivity index (χ2n) is 4.61. The Morgan fingerprint density at radius 3 is 2.40 bits per heavy atom. The maximum Gasteiger partial charge on any atom is 0.143 e. The average Bonchev–Trinajstić information content (AvgIpc) is 2.45. The number of nitrogens with two attached hydrogens (primary N) is 1. The predicted molar refractivity (Wildman–Crippen MR) is 60.3 cm³/mol. The number of nitrogens with zero attached hydrogens (tertiary/aromatic N) is 1. The molecule has 1 unspecified atom stereocenters. The zero-order valence-corrected chi connectivity index (χ0v) is 9.67. The summed E-state index contributed by atoms with van der Waals surface area (Å²) in [4.78, 5) is 0. The molecule has 0 aromatic rings. The summed E-state index contributed by atoms with van der Waals surface area (Å²) in [7, 11) is 0. The third-order valence-corrected chi connectivity index (χ3v) is 3.19. The van der Waals surface area contributed by atoms with Crippen molar-refractivity contribution in [1.82, 2.24) is 0 Å². The van der Waals surface area contributed by atoms with Crippen molar-refractivity contribution in [2.75, 3.05) is 6.61 Å². The molecule has 1 aliphatic rings. The Kier molecular flexibility index (Phi) is 5.07. The van der Waals surface area contributed by atoms with E-state index in [2.05, 4.69) is 6.07 Å². The van der Waals surface area contributed by atoms with Gasteiger partial charge in [0.15, 0.2) is 0 Å². The van der Waals surface area contributed by atoms with Crippen LogP contribution in [0.25, 0.3) is 0 Å². The van der Waals surface area contributed by atoms with Crippen LogP contribution in [0.2, 0.25) is 0 Å². The summed E-state index contributed by atoms with van der Waals surface area (Å²) >= 11 is 0. The second-order valence-corrected chi connectivity index (χ2v) is 4.61. The van der Waals surface area contributed by atoms with E-state index < -0.39 is 0 Å². The molecule has 1 saturated carbocycles. The summed E-state index contributed by atoms with van der Waals surface area (Å²) in [6.07, 6.45) is 7.50. The SMILES string of the molecule is CCC(C#N)OCC1(N)CCCCCC1. The van der Waals surface area contributed by atoms with Crippen molar-refractivity contribution in [3.05, 3.63) is 0 Å². The van der Waals surface area contributed by atoms with Crippen LogP contribution in [-0.2, 0) is 4.74 Å². The van der Waals surface area contributed by atoms with Gasteiger partial charge in [0.25, 0.3) is 0 Å². The van der Waals surface area contributed by atoms with E-state index in [4.69, 9.17) is 15.7 Å². The van der Waals surface area contributed by atoms with Gasteiger partial charge in [0.2, 0.25) is 0 Å². The highest BCUT2D eigenvalue weighted by Gasteiger charge is 2.27. The Labute approximate surface area is 92.6 Å². The monoisotopic (exact) mass is 210 g/mol. The number of rotatable bonds is 4. The first kappa shape index (κ1) is 12.5. The molecule has 0 aromatic carbocycles. The van der Waals surface area contributed by atoms with Gasteiger partial charge < -0.3 is 10.5 Å². The molecule has 1 fully saturated rings. The first-order valence-corrected chi connectivity index (χ1v) is 6.00. The first-order chi connectivity index (χ1) is 7.20. The van der Waals surface area contributed by atoms with Crippen LogP contribution in [0.1, 0.15) is 51.9 Å². The van der Waals surface area contributed by atoms with E-state index in [1.165, 1.54) is 25.7 Å². The number of hydrogen-bond donors (Lipinski definition) is 1. The standard InChI is InChI=1S/C12H22N2O/c1-2-11(9-13)15-10-12(14)7-5-3-4-6-8-12/h11H,2-8,10,14H2,1H3. The Bertz CT molecular complexity index is 214. The lowest BCUT2D eigenvalue weighted by molar-refractivity contribution is 0.0424. The van der Waals surface area contributed by atoms with E-state index in [1.54, 1.807) is 0 Å². The van der Waals surface area contributed by atoms with Gasteiger partial charge in [-0.1, -0.05) is 32.6 Å². The number of ether oxygens (including phenoxy) is 1. The summed E-state index contributed by atoms with van der Waals surface area (Å²) in [5.41, 5.74) is 6.10. The molecule has 3 nitrogen and oxygen atoms in total. The highest BCUT2D eigenvalue weighted by Crippen LogP contribution is 2.25. The maximum atomic E-state index is 8.78. The molecule has 1 aliphatic carbocycles. The van der Waals surface area contributed by atoms with E-state index in [0.717, 1.165) is 19.3 Å². The minimum Gasteiger partial charge on any atom is -0.361 e. The minimum atomic E-state index is -0.284. The largest absolute Gasteiger partial charge is 0.361 e. The fourth-order valence-electron chi connectivity index (χ4n) is 2.09. The van der Waals surface area contributed by atoms with Crippen LogP contribution in [0.4, 0.5) is 0 Å². The van der Waals surface area contributed by atoms with Crippen molar-refractivity contribution in [1.29, 1.82) is 5.26 Å². The van der Waals surface area contributed by atoms with Gasteiger partial charge >= 0.3 is 0 Å². The van der Waals surface area contributed by atoms with Crippen LogP contribution in [-0.4, -0.2) is 18.2 Å². The zero-order valence-electron chi connectivity index (χ0n) is 9.67. The lowest BCUT2D eigenvalue weighted by Crippen LogP contribution is -2.44. The maximum absolute atomic E-state index is 8.78. The van der Waals surface area contributed by atoms with Gasteiger partial charge in [0.1, 0.15) is 6.10 Å². The average molecular weight is 210 g/mol. The molecule has 15 heavy (non-hydrogen) atoms. The lowest BCUT2D eigenvalue weighted by atomic mass is 9.92. The lowest BCUT2D eigenvalue weighted by Gasteiger charge is -2.28. The molecule has 1 atom stereocenters. The van der Waals surface area contributed by atoms with E-state index in [9.17, 15) is 0 Å². The topological polar surface area (TPSA) is 59.0 Å². The van der Waals surface area contributed by atoms with Crippen LogP contribution in [0.3, 0.4) is 0 Å². The quantitative estimate of drug-likeness (QED) is 0.725. The van der Waals surface area contributed by atoms with Crippen molar-refractivity contribution in [3.63, 3.8) is 0 Å². The van der Waals surface area contributed by atoms with Crippen LogP contribution in [0, 0.1) is 11.3 Å². The highest BCUT2D eigenvalue weighted by atomic mass is 16.5. The van der Waals surface area contributed by atoms with E-state index in [-0.39, 0.29) is 11.6 Å². The molecule has 2 N–H and O–H groups in total. The predicted octanol–water partition coefficient (Wildman–Crippen LogP) is 2.36. The van der Waals surface area contributed by atoms with Gasteiger partial charge in [-0.15, -0.1) is 0 Å². The van der Waals surface area contributed by atoms with Gasteiger partial charge in [-0.2, -0.15) is 5.26 Å². The third-order valence-electron chi connectivity index (χ3n) is 3.19. The summed E-state index contributed by atoms with van der Waals surface area (Å²) in [6, 6.07) is 2.15. The summed E-state index contributed by atoms with van der Waals surface area (Å²) in [6.45, 7) is 2.50. The molecule has 0 spiro atoms. The normalized spacial score (nSPS) is 22.7. The number of nitriles is 1. The van der Waals surface area contributed by atoms with Crippen LogP contribution in [0.5, 0.6) is 0 Å². The second kappa shape index (κ2) is 6.09. The molecule has 1 rings (SSSR count). The smallest absolute Gasteiger partial charge is 0.143 e. The Morgan fingerprint density at radius 1 is 1.33 bits per heavy atom. The molecular formula is C12H22N2O. The summed E-state index contributed by atoms with van der Waals surface area (Å²) < 4.78 is 5.55. The van der Waals surface area contributed by atoms with E-state index in [1.807, 2.05) is 6.92 Å². The van der Waals surface area contributed by atoms with Crippen LogP contribution in [0.15, 0.2) is 0 Å². The molecule has 0 bridgehead atoms. The van der Waals surface area contributed by atoms with Gasteiger partial charge in [0, 0.05) is 5.54 Å². The fourth-order valence-corrected chi connectivity index (χ4v) is 2.09. The fraction of sp³-hybridized carbons (Fsp3) is 0.917. The Morgan fingerprint density at radius 2 is 1.93 bits per heavy atom.